The van der Waals surface area contributed by atoms with Gasteiger partial charge in [-0.2, -0.15) is 0 Å². The van der Waals surface area contributed by atoms with Crippen LogP contribution in [-0.2, 0) is 26.8 Å². The molecule has 0 heterocycles. The highest BCUT2D eigenvalue weighted by Gasteiger charge is 2.30. The van der Waals surface area contributed by atoms with Crippen molar-refractivity contribution in [3.8, 4) is 23.0 Å². The van der Waals surface area contributed by atoms with Crippen LogP contribution in [0.2, 0.25) is 0 Å². The number of hydrogen-bond acceptors (Lipinski definition) is 7. The summed E-state index contributed by atoms with van der Waals surface area (Å²) in [6, 6.07) is 27.9. The van der Waals surface area contributed by atoms with Crippen LogP contribution in [0.15, 0.2) is 95.5 Å². The van der Waals surface area contributed by atoms with Gasteiger partial charge in [-0.05, 0) is 62.4 Å². The molecule has 0 spiro atoms. The molecule has 0 fully saturated rings. The lowest BCUT2D eigenvalue weighted by Gasteiger charge is -2.20. The molecule has 0 N–H and O–H groups in total. The molecule has 4 aromatic rings. The SMILES string of the molecule is COc1ccc(/C=C\c2cc(Br)c(OC)c(OC)c2)cc1OP(=O)(OCc1ccccc1)OCc1ccccc1. The zero-order valence-electron chi connectivity index (χ0n) is 22.4. The van der Waals surface area contributed by atoms with Crippen LogP contribution in [0.4, 0.5) is 0 Å². The largest absolute Gasteiger partial charge is 0.530 e. The number of benzene rings is 4. The quantitative estimate of drug-likeness (QED) is 0.109. The van der Waals surface area contributed by atoms with Crippen LogP contribution in [0.5, 0.6) is 23.0 Å². The second kappa shape index (κ2) is 14.2. The van der Waals surface area contributed by atoms with Gasteiger partial charge in [0.15, 0.2) is 23.0 Å². The van der Waals surface area contributed by atoms with Crippen molar-refractivity contribution in [2.24, 2.45) is 0 Å². The van der Waals surface area contributed by atoms with E-state index in [1.165, 1.54) is 7.11 Å². The first-order valence-corrected chi connectivity index (χ1v) is 14.6. The molecular formula is C31H30BrO7P. The molecule has 0 aliphatic rings. The Bertz CT molecular complexity index is 1430. The van der Waals surface area contributed by atoms with Gasteiger partial charge in [-0.25, -0.2) is 4.57 Å². The fraction of sp³-hybridized carbons (Fsp3) is 0.161. The molecule has 0 aromatic heterocycles. The van der Waals surface area contributed by atoms with E-state index >= 15 is 0 Å². The molecule has 9 heteroatoms. The van der Waals surface area contributed by atoms with Gasteiger partial charge >= 0.3 is 7.82 Å². The summed E-state index contributed by atoms with van der Waals surface area (Å²) >= 11 is 3.52. The monoisotopic (exact) mass is 624 g/mol. The minimum absolute atomic E-state index is 0.0446. The van der Waals surface area contributed by atoms with Crippen LogP contribution in [-0.4, -0.2) is 21.3 Å². The number of phosphoric acid groups is 1. The van der Waals surface area contributed by atoms with Crippen LogP contribution in [0, 0.1) is 0 Å². The Kier molecular flexibility index (Phi) is 10.4. The third kappa shape index (κ3) is 7.99. The molecule has 7 nitrogen and oxygen atoms in total. The van der Waals surface area contributed by atoms with Crippen molar-refractivity contribution < 1.29 is 32.3 Å². The van der Waals surface area contributed by atoms with E-state index in [9.17, 15) is 4.57 Å². The van der Waals surface area contributed by atoms with Gasteiger partial charge in [0, 0.05) is 0 Å². The lowest BCUT2D eigenvalue weighted by molar-refractivity contribution is 0.142. The summed E-state index contributed by atoms with van der Waals surface area (Å²) < 4.78 is 48.5. The molecule has 0 radical (unpaired) electrons. The normalized spacial score (nSPS) is 11.4. The van der Waals surface area contributed by atoms with Crippen molar-refractivity contribution in [1.29, 1.82) is 0 Å². The van der Waals surface area contributed by atoms with Crippen molar-refractivity contribution in [3.05, 3.63) is 118 Å². The van der Waals surface area contributed by atoms with E-state index in [-0.39, 0.29) is 19.0 Å². The number of ether oxygens (including phenoxy) is 3. The summed E-state index contributed by atoms with van der Waals surface area (Å²) in [7, 11) is 0.610. The summed E-state index contributed by atoms with van der Waals surface area (Å²) in [5.41, 5.74) is 3.32. The summed E-state index contributed by atoms with van der Waals surface area (Å²) in [5, 5.41) is 0. The molecular weight excluding hydrogens is 595 g/mol. The van der Waals surface area contributed by atoms with E-state index in [2.05, 4.69) is 15.9 Å². The molecule has 0 bridgehead atoms. The smallest absolute Gasteiger partial charge is 0.493 e. The molecule has 208 valence electrons. The molecule has 0 aliphatic carbocycles. The van der Waals surface area contributed by atoms with E-state index in [1.807, 2.05) is 91.0 Å². The van der Waals surface area contributed by atoms with Crippen LogP contribution in [0.3, 0.4) is 0 Å². The molecule has 0 aliphatic heterocycles. The summed E-state index contributed by atoms with van der Waals surface area (Å²) in [6.45, 7) is 0.0893. The number of halogens is 1. The zero-order chi connectivity index (χ0) is 28.4. The van der Waals surface area contributed by atoms with Crippen LogP contribution >= 0.6 is 23.8 Å². The predicted molar refractivity (Wildman–Crippen MR) is 160 cm³/mol. The van der Waals surface area contributed by atoms with E-state index < -0.39 is 7.82 Å². The van der Waals surface area contributed by atoms with Gasteiger partial charge in [0.2, 0.25) is 0 Å². The van der Waals surface area contributed by atoms with Gasteiger partial charge in [-0.3, -0.25) is 9.05 Å². The van der Waals surface area contributed by atoms with Crippen molar-refractivity contribution in [2.75, 3.05) is 21.3 Å². The van der Waals surface area contributed by atoms with Gasteiger partial charge < -0.3 is 18.7 Å². The summed E-state index contributed by atoms with van der Waals surface area (Å²) in [6.07, 6.45) is 3.80. The highest BCUT2D eigenvalue weighted by Crippen LogP contribution is 2.53. The first-order valence-electron chi connectivity index (χ1n) is 12.4. The maximum absolute atomic E-state index is 13.9. The maximum atomic E-state index is 13.9. The summed E-state index contributed by atoms with van der Waals surface area (Å²) in [5.74, 6) is 1.82. The number of rotatable bonds is 13. The Hall–Kier alpha value is -3.55. The first kappa shape index (κ1) is 29.4. The van der Waals surface area contributed by atoms with E-state index in [0.717, 1.165) is 26.7 Å². The van der Waals surface area contributed by atoms with E-state index in [1.54, 1.807) is 26.4 Å². The minimum atomic E-state index is -4.08. The van der Waals surface area contributed by atoms with Crippen LogP contribution < -0.4 is 18.7 Å². The third-order valence-corrected chi connectivity index (χ3v) is 7.69. The van der Waals surface area contributed by atoms with Gasteiger partial charge in [0.25, 0.3) is 0 Å². The number of phosphoric ester groups is 1. The maximum Gasteiger partial charge on any atom is 0.530 e. The first-order chi connectivity index (χ1) is 19.4. The average Bonchev–Trinajstić information content (AvgIpc) is 2.99. The predicted octanol–water partition coefficient (Wildman–Crippen LogP) is 8.57. The van der Waals surface area contributed by atoms with Gasteiger partial charge in [-0.15, -0.1) is 0 Å². The van der Waals surface area contributed by atoms with Crippen molar-refractivity contribution in [3.63, 3.8) is 0 Å². The second-order valence-corrected chi connectivity index (χ2v) is 11.0. The van der Waals surface area contributed by atoms with Gasteiger partial charge in [0.1, 0.15) is 0 Å². The highest BCUT2D eigenvalue weighted by molar-refractivity contribution is 9.10. The Morgan fingerprint density at radius 3 is 1.75 bits per heavy atom. The molecule has 0 atom stereocenters. The number of hydrogen-bond donors (Lipinski definition) is 0. The van der Waals surface area contributed by atoms with Gasteiger partial charge in [-0.1, -0.05) is 78.9 Å². The van der Waals surface area contributed by atoms with Crippen LogP contribution in [0.1, 0.15) is 22.3 Å². The molecule has 40 heavy (non-hydrogen) atoms. The Balaban J connectivity index is 1.59. The lowest BCUT2D eigenvalue weighted by atomic mass is 10.1. The van der Waals surface area contributed by atoms with Crippen molar-refractivity contribution in [1.82, 2.24) is 0 Å². The number of methoxy groups -OCH3 is 3. The standard InChI is InChI=1S/C31H30BrO7P/c1-34-28-17-16-23(14-15-26-18-27(32)31(36-3)30(20-26)35-2)19-29(28)39-40(33,37-21-24-10-6-4-7-11-24)38-22-25-12-8-5-9-13-25/h4-20H,21-22H2,1-3H3/b15-14-. The van der Waals surface area contributed by atoms with Crippen molar-refractivity contribution >= 4 is 35.9 Å². The Labute approximate surface area is 243 Å². The molecule has 0 unspecified atom stereocenters. The third-order valence-electron chi connectivity index (χ3n) is 5.79. The van der Waals surface area contributed by atoms with Crippen molar-refractivity contribution in [2.45, 2.75) is 13.2 Å². The molecule has 4 aromatic carbocycles. The van der Waals surface area contributed by atoms with Crippen LogP contribution in [0.25, 0.3) is 12.2 Å². The minimum Gasteiger partial charge on any atom is -0.493 e. The zero-order valence-corrected chi connectivity index (χ0v) is 24.9. The highest BCUT2D eigenvalue weighted by atomic mass is 79.9. The fourth-order valence-electron chi connectivity index (χ4n) is 3.76. The molecule has 0 amide bonds. The molecule has 0 saturated carbocycles. The Morgan fingerprint density at radius 2 is 1.20 bits per heavy atom. The molecule has 0 saturated heterocycles. The second-order valence-electron chi connectivity index (χ2n) is 8.54. The lowest BCUT2D eigenvalue weighted by Crippen LogP contribution is -2.04. The fourth-order valence-corrected chi connectivity index (χ4v) is 5.56. The topological polar surface area (TPSA) is 72.5 Å². The van der Waals surface area contributed by atoms with Gasteiger partial charge in [0.05, 0.1) is 39.0 Å². The summed E-state index contributed by atoms with van der Waals surface area (Å²) in [4.78, 5) is 0. The molecule has 4 rings (SSSR count). The van der Waals surface area contributed by atoms with E-state index in [4.69, 9.17) is 27.8 Å². The average molecular weight is 625 g/mol. The Morgan fingerprint density at radius 1 is 0.650 bits per heavy atom. The van der Waals surface area contributed by atoms with E-state index in [0.29, 0.717) is 17.2 Å².